The molecular formula is C54H62N12O3. The third kappa shape index (κ3) is 14.8. The molecule has 69 heavy (non-hydrogen) atoms. The van der Waals surface area contributed by atoms with Crippen molar-refractivity contribution in [1.29, 1.82) is 10.5 Å². The number of carbonyl (C=O) groups is 3. The van der Waals surface area contributed by atoms with Crippen LogP contribution in [0.15, 0.2) is 134 Å². The largest absolute Gasteiger partial charge is 0.354 e. The highest BCUT2D eigenvalue weighted by atomic mass is 16.2. The first-order chi connectivity index (χ1) is 33.8. The molecule has 4 aromatic carbocycles. The highest BCUT2D eigenvalue weighted by molar-refractivity contribution is 5.88. The summed E-state index contributed by atoms with van der Waals surface area (Å²) in [6.07, 6.45) is 9.80. The summed E-state index contributed by atoms with van der Waals surface area (Å²) in [5.74, 6) is -0.0243. The molecule has 0 saturated carbocycles. The molecule has 4 heterocycles. The number of benzene rings is 4. The molecule has 2 aromatic heterocycles. The van der Waals surface area contributed by atoms with Gasteiger partial charge in [0.1, 0.15) is 6.04 Å². The fourth-order valence-electron chi connectivity index (χ4n) is 8.71. The van der Waals surface area contributed by atoms with Crippen LogP contribution in [0.2, 0.25) is 0 Å². The van der Waals surface area contributed by atoms with E-state index in [0.29, 0.717) is 76.2 Å². The Kier molecular flexibility index (Phi) is 18.4. The summed E-state index contributed by atoms with van der Waals surface area (Å²) in [6.45, 7) is 10.2. The topological polar surface area (TPSA) is 180 Å². The van der Waals surface area contributed by atoms with Crippen LogP contribution in [-0.4, -0.2) is 116 Å². The number of amides is 3. The maximum atomic E-state index is 13.3. The molecule has 6 aromatic rings. The monoisotopic (exact) mass is 927 g/mol. The molecule has 2 aliphatic rings. The zero-order chi connectivity index (χ0) is 48.2. The SMILES string of the molecule is CCCC(=O)N1CCN(Cc2ccccc2)C[C@@H]1C(=O)NCCc1cncn1Cc1ccc(C#N)cc1.N#Cc1ccc(Cn2cncc2CCNC(=O)[C@H]2CN(Cc3ccccc3)CCN2)cc1. The summed E-state index contributed by atoms with van der Waals surface area (Å²) >= 11 is 0. The third-order valence-electron chi connectivity index (χ3n) is 12.5. The van der Waals surface area contributed by atoms with Crippen LogP contribution in [0.3, 0.4) is 0 Å². The predicted molar refractivity (Wildman–Crippen MR) is 264 cm³/mol. The van der Waals surface area contributed by atoms with Gasteiger partial charge in [-0.2, -0.15) is 10.5 Å². The summed E-state index contributed by atoms with van der Waals surface area (Å²) in [7, 11) is 0. The summed E-state index contributed by atoms with van der Waals surface area (Å²) in [6, 6.07) is 39.2. The van der Waals surface area contributed by atoms with Crippen LogP contribution in [-0.2, 0) is 53.4 Å². The van der Waals surface area contributed by atoms with E-state index in [-0.39, 0.29) is 23.8 Å². The number of aromatic nitrogens is 4. The third-order valence-corrected chi connectivity index (χ3v) is 12.5. The number of nitrogens with one attached hydrogen (secondary N) is 3. The molecule has 2 saturated heterocycles. The fraction of sp³-hybridized carbons (Fsp3) is 0.352. The molecule has 15 heteroatoms. The van der Waals surface area contributed by atoms with E-state index in [1.165, 1.54) is 11.1 Å². The number of carbonyl (C=O) groups excluding carboxylic acids is 3. The minimum Gasteiger partial charge on any atom is -0.354 e. The normalized spacial score (nSPS) is 16.1. The molecule has 2 atom stereocenters. The molecule has 0 aliphatic carbocycles. The lowest BCUT2D eigenvalue weighted by molar-refractivity contribution is -0.144. The quantitative estimate of drug-likeness (QED) is 0.107. The predicted octanol–water partition coefficient (Wildman–Crippen LogP) is 4.91. The Morgan fingerprint density at radius 1 is 0.623 bits per heavy atom. The van der Waals surface area contributed by atoms with Gasteiger partial charge in [0, 0.05) is 122 Å². The van der Waals surface area contributed by atoms with E-state index >= 15 is 0 Å². The van der Waals surface area contributed by atoms with Crippen LogP contribution in [0.5, 0.6) is 0 Å². The Morgan fingerprint density at radius 3 is 1.62 bits per heavy atom. The van der Waals surface area contributed by atoms with Gasteiger partial charge in [-0.3, -0.25) is 24.2 Å². The minimum atomic E-state index is -0.500. The van der Waals surface area contributed by atoms with E-state index in [9.17, 15) is 14.4 Å². The second-order valence-corrected chi connectivity index (χ2v) is 17.5. The highest BCUT2D eigenvalue weighted by Gasteiger charge is 2.35. The maximum absolute atomic E-state index is 13.3. The van der Waals surface area contributed by atoms with Crippen molar-refractivity contribution in [2.45, 2.75) is 70.9 Å². The Hall–Kier alpha value is -7.43. The number of nitrogens with zero attached hydrogens (tertiary/aromatic N) is 9. The first-order valence-corrected chi connectivity index (χ1v) is 23.9. The Balaban J connectivity index is 0.000000206. The molecule has 2 aliphatic heterocycles. The molecule has 15 nitrogen and oxygen atoms in total. The van der Waals surface area contributed by atoms with E-state index in [1.807, 2.05) is 109 Å². The van der Waals surface area contributed by atoms with Crippen molar-refractivity contribution >= 4 is 17.7 Å². The zero-order valence-corrected chi connectivity index (χ0v) is 39.4. The van der Waals surface area contributed by atoms with Crippen molar-refractivity contribution in [3.8, 4) is 12.1 Å². The van der Waals surface area contributed by atoms with Crippen LogP contribution in [0, 0.1) is 22.7 Å². The van der Waals surface area contributed by atoms with Crippen LogP contribution in [0.25, 0.3) is 0 Å². The van der Waals surface area contributed by atoms with Crippen LogP contribution < -0.4 is 16.0 Å². The van der Waals surface area contributed by atoms with Gasteiger partial charge in [0.2, 0.25) is 17.7 Å². The number of rotatable bonds is 18. The van der Waals surface area contributed by atoms with E-state index in [0.717, 1.165) is 61.7 Å². The molecular weight excluding hydrogens is 865 g/mol. The zero-order valence-electron chi connectivity index (χ0n) is 39.4. The van der Waals surface area contributed by atoms with Gasteiger partial charge in [0.25, 0.3) is 0 Å². The molecule has 0 bridgehead atoms. The average molecular weight is 927 g/mol. The lowest BCUT2D eigenvalue weighted by Crippen LogP contribution is -2.60. The minimum absolute atomic E-state index is 0.0425. The summed E-state index contributed by atoms with van der Waals surface area (Å²) in [5, 5.41) is 27.4. The van der Waals surface area contributed by atoms with Crippen molar-refractivity contribution in [2.24, 2.45) is 0 Å². The highest BCUT2D eigenvalue weighted by Crippen LogP contribution is 2.17. The molecule has 8 rings (SSSR count). The van der Waals surface area contributed by atoms with Gasteiger partial charge in [-0.1, -0.05) is 91.9 Å². The molecule has 0 unspecified atom stereocenters. The second kappa shape index (κ2) is 25.6. The van der Waals surface area contributed by atoms with Crippen molar-refractivity contribution in [2.75, 3.05) is 52.4 Å². The van der Waals surface area contributed by atoms with E-state index in [2.05, 4.69) is 76.7 Å². The van der Waals surface area contributed by atoms with Crippen molar-refractivity contribution in [3.05, 3.63) is 179 Å². The van der Waals surface area contributed by atoms with Gasteiger partial charge in [-0.05, 0) is 52.9 Å². The first-order valence-electron chi connectivity index (χ1n) is 23.9. The van der Waals surface area contributed by atoms with Gasteiger partial charge in [-0.25, -0.2) is 9.97 Å². The van der Waals surface area contributed by atoms with Gasteiger partial charge in [0.05, 0.1) is 42.0 Å². The lowest BCUT2D eigenvalue weighted by atomic mass is 10.1. The van der Waals surface area contributed by atoms with Crippen molar-refractivity contribution < 1.29 is 14.4 Å². The van der Waals surface area contributed by atoms with Crippen LogP contribution in [0.1, 0.15) is 64.5 Å². The van der Waals surface area contributed by atoms with Gasteiger partial charge in [-0.15, -0.1) is 0 Å². The second-order valence-electron chi connectivity index (χ2n) is 17.5. The van der Waals surface area contributed by atoms with E-state index in [1.54, 1.807) is 17.6 Å². The smallest absolute Gasteiger partial charge is 0.244 e. The Labute approximate surface area is 405 Å². The van der Waals surface area contributed by atoms with Gasteiger partial charge in [0.15, 0.2) is 0 Å². The summed E-state index contributed by atoms with van der Waals surface area (Å²) in [5.41, 5.74) is 8.02. The molecule has 2 fully saturated rings. The van der Waals surface area contributed by atoms with Gasteiger partial charge >= 0.3 is 0 Å². The van der Waals surface area contributed by atoms with Crippen LogP contribution in [0.4, 0.5) is 0 Å². The number of nitriles is 2. The fourth-order valence-corrected chi connectivity index (χ4v) is 8.71. The summed E-state index contributed by atoms with van der Waals surface area (Å²) < 4.78 is 4.13. The van der Waals surface area contributed by atoms with E-state index in [4.69, 9.17) is 10.5 Å². The number of hydrogen-bond donors (Lipinski definition) is 3. The van der Waals surface area contributed by atoms with E-state index < -0.39 is 6.04 Å². The average Bonchev–Trinajstić information content (AvgIpc) is 4.03. The molecule has 0 radical (unpaired) electrons. The number of imidazole rings is 2. The first kappa shape index (κ1) is 49.5. The Morgan fingerprint density at radius 2 is 1.12 bits per heavy atom. The maximum Gasteiger partial charge on any atom is 0.244 e. The molecule has 0 spiro atoms. The standard InChI is InChI=1S/C29H34N6O2.C25H28N6O/c1-2-6-28(36)35-16-15-33(19-24-7-4-3-5-8-24)21-27(35)29(37)32-14-13-26-18-31-22-34(26)20-25-11-9-23(17-30)10-12-25;26-14-20-6-8-22(9-7-20)17-31-19-27-15-23(31)10-11-29-25(32)24-18-30(13-12-28-24)16-21-4-2-1-3-5-21/h3-5,7-12,18,22,27H,2,6,13-16,19-21H2,1H3,(H,32,37);1-9,15,19,24,28H,10-13,16-18H2,(H,29,32)/t27-;24-/m11/s1. The Bertz CT molecular complexity index is 2640. The molecule has 3 N–H and O–H groups in total. The lowest BCUT2D eigenvalue weighted by Gasteiger charge is -2.40. The van der Waals surface area contributed by atoms with Crippen molar-refractivity contribution in [3.63, 3.8) is 0 Å². The number of piperazine rings is 2. The van der Waals surface area contributed by atoms with Crippen molar-refractivity contribution in [1.82, 2.24) is 49.8 Å². The van der Waals surface area contributed by atoms with Crippen LogP contribution >= 0.6 is 0 Å². The molecule has 356 valence electrons. The molecule has 3 amide bonds. The summed E-state index contributed by atoms with van der Waals surface area (Å²) in [4.78, 5) is 53.7. The number of hydrogen-bond acceptors (Lipinski definition) is 10. The van der Waals surface area contributed by atoms with Gasteiger partial charge < -0.3 is 30.0 Å².